The summed E-state index contributed by atoms with van der Waals surface area (Å²) >= 11 is 3.41. The predicted octanol–water partition coefficient (Wildman–Crippen LogP) is 3.94. The minimum atomic E-state index is -0.468. The van der Waals surface area contributed by atoms with Gasteiger partial charge in [0.1, 0.15) is 5.76 Å². The van der Waals surface area contributed by atoms with Crippen molar-refractivity contribution in [2.24, 2.45) is 4.99 Å². The Morgan fingerprint density at radius 3 is 2.76 bits per heavy atom. The first kappa shape index (κ1) is 13.6. The van der Waals surface area contributed by atoms with Crippen LogP contribution in [0, 0.1) is 0 Å². The molecule has 3 rings (SSSR count). The van der Waals surface area contributed by atoms with E-state index in [2.05, 4.69) is 20.9 Å². The molecule has 0 radical (unpaired) electrons. The van der Waals surface area contributed by atoms with Gasteiger partial charge in [0.15, 0.2) is 5.70 Å². The quantitative estimate of drug-likeness (QED) is 0.626. The third-order valence-corrected chi connectivity index (χ3v) is 3.47. The lowest BCUT2D eigenvalue weighted by Crippen LogP contribution is -2.05. The molecule has 0 saturated carbocycles. The largest absolute Gasteiger partial charge is 0.465 e. The van der Waals surface area contributed by atoms with Crippen molar-refractivity contribution in [3.05, 3.63) is 76.3 Å². The van der Waals surface area contributed by atoms with E-state index in [9.17, 15) is 4.79 Å². The number of cyclic esters (lactones) is 1. The lowest BCUT2D eigenvalue weighted by Gasteiger charge is -2.01. The van der Waals surface area contributed by atoms with E-state index >= 15 is 0 Å². The number of hydrogen-bond donors (Lipinski definition) is 0. The summed E-state index contributed by atoms with van der Waals surface area (Å²) < 4.78 is 11.2. The highest BCUT2D eigenvalue weighted by molar-refractivity contribution is 9.10. The second-order valence-corrected chi connectivity index (χ2v) is 5.07. The Bertz CT molecular complexity index is 758. The number of carbonyl (C=O) groups excluding carboxylic acids is 1. The molecule has 0 atom stereocenters. The summed E-state index contributed by atoms with van der Waals surface area (Å²) in [5, 5.41) is 0. The summed E-state index contributed by atoms with van der Waals surface area (Å²) in [6.07, 6.45) is 6.61. The Kier molecular flexibility index (Phi) is 3.83. The van der Waals surface area contributed by atoms with E-state index in [1.807, 2.05) is 30.3 Å². The molecule has 1 aliphatic rings. The van der Waals surface area contributed by atoms with E-state index < -0.39 is 5.97 Å². The molecule has 0 N–H and O–H groups in total. The van der Waals surface area contributed by atoms with Crippen LogP contribution < -0.4 is 0 Å². The standard InChI is InChI=1S/C16H10BrNO3/c17-13-8-2-1-7-12(13)15-18-14(16(19)21-15)9-3-5-11-6-4-10-20-11/h1-10H. The topological polar surface area (TPSA) is 51.8 Å². The number of nitrogens with zero attached hydrogens (tertiary/aromatic N) is 1. The summed E-state index contributed by atoms with van der Waals surface area (Å²) in [6.45, 7) is 0. The number of carbonyl (C=O) groups is 1. The molecule has 0 saturated heterocycles. The van der Waals surface area contributed by atoms with Gasteiger partial charge in [-0.1, -0.05) is 18.2 Å². The average molecular weight is 344 g/mol. The van der Waals surface area contributed by atoms with Crippen molar-refractivity contribution < 1.29 is 13.9 Å². The Morgan fingerprint density at radius 2 is 2.00 bits per heavy atom. The van der Waals surface area contributed by atoms with Crippen molar-refractivity contribution >= 4 is 33.9 Å². The van der Waals surface area contributed by atoms with Crippen LogP contribution in [-0.2, 0) is 9.53 Å². The zero-order valence-electron chi connectivity index (χ0n) is 10.8. The summed E-state index contributed by atoms with van der Waals surface area (Å²) in [7, 11) is 0. The molecule has 2 heterocycles. The predicted molar refractivity (Wildman–Crippen MR) is 82.6 cm³/mol. The summed E-state index contributed by atoms with van der Waals surface area (Å²) in [6, 6.07) is 11.0. The SMILES string of the molecule is O=C1OC(c2ccccc2Br)=NC1=CC=Cc1ccco1. The highest BCUT2D eigenvalue weighted by atomic mass is 79.9. The molecular weight excluding hydrogens is 334 g/mol. The molecule has 21 heavy (non-hydrogen) atoms. The van der Waals surface area contributed by atoms with Gasteiger partial charge in [-0.15, -0.1) is 0 Å². The van der Waals surface area contributed by atoms with Gasteiger partial charge in [0.2, 0.25) is 5.90 Å². The maximum Gasteiger partial charge on any atom is 0.363 e. The highest BCUT2D eigenvalue weighted by Crippen LogP contribution is 2.22. The molecule has 1 aromatic heterocycles. The summed E-state index contributed by atoms with van der Waals surface area (Å²) in [4.78, 5) is 16.0. The smallest absolute Gasteiger partial charge is 0.363 e. The Morgan fingerprint density at radius 1 is 1.14 bits per heavy atom. The number of ether oxygens (including phenoxy) is 1. The van der Waals surface area contributed by atoms with E-state index in [1.165, 1.54) is 0 Å². The number of furan rings is 1. The first-order valence-corrected chi connectivity index (χ1v) is 7.01. The third kappa shape index (κ3) is 3.03. The van der Waals surface area contributed by atoms with Crippen LogP contribution in [0.4, 0.5) is 0 Å². The molecular formula is C16H10BrNO3. The maximum atomic E-state index is 11.8. The molecule has 0 fully saturated rings. The van der Waals surface area contributed by atoms with Crippen LogP contribution >= 0.6 is 15.9 Å². The lowest BCUT2D eigenvalue weighted by atomic mass is 10.2. The highest BCUT2D eigenvalue weighted by Gasteiger charge is 2.24. The molecule has 1 aromatic carbocycles. The number of allylic oxidation sites excluding steroid dienone is 2. The average Bonchev–Trinajstić information content (AvgIpc) is 3.10. The Labute approximate surface area is 129 Å². The molecule has 0 spiro atoms. The van der Waals surface area contributed by atoms with Gasteiger partial charge in [0, 0.05) is 4.47 Å². The number of esters is 1. The van der Waals surface area contributed by atoms with Crippen molar-refractivity contribution in [3.8, 4) is 0 Å². The van der Waals surface area contributed by atoms with Crippen molar-refractivity contribution in [1.29, 1.82) is 0 Å². The van der Waals surface area contributed by atoms with Gasteiger partial charge in [-0.3, -0.25) is 0 Å². The van der Waals surface area contributed by atoms with Crippen molar-refractivity contribution in [1.82, 2.24) is 0 Å². The van der Waals surface area contributed by atoms with Crippen molar-refractivity contribution in [2.45, 2.75) is 0 Å². The van der Waals surface area contributed by atoms with E-state index in [0.717, 1.165) is 10.0 Å². The van der Waals surface area contributed by atoms with Crippen LogP contribution in [0.5, 0.6) is 0 Å². The molecule has 1 aliphatic heterocycles. The molecule has 0 bridgehead atoms. The monoisotopic (exact) mass is 343 g/mol. The lowest BCUT2D eigenvalue weighted by molar-refractivity contribution is -0.130. The van der Waals surface area contributed by atoms with Gasteiger partial charge in [-0.2, -0.15) is 0 Å². The normalized spacial score (nSPS) is 16.5. The summed E-state index contributed by atoms with van der Waals surface area (Å²) in [5.74, 6) is 0.531. The number of rotatable bonds is 3. The fourth-order valence-corrected chi connectivity index (χ4v) is 2.25. The second-order valence-electron chi connectivity index (χ2n) is 4.21. The molecule has 0 aliphatic carbocycles. The number of halogens is 1. The van der Waals surface area contributed by atoms with Gasteiger partial charge >= 0.3 is 5.97 Å². The minimum absolute atomic E-state index is 0.253. The molecule has 104 valence electrons. The zero-order chi connectivity index (χ0) is 14.7. The van der Waals surface area contributed by atoms with Crippen LogP contribution in [0.15, 0.2) is 74.4 Å². The molecule has 0 unspecified atom stereocenters. The number of hydrogen-bond acceptors (Lipinski definition) is 4. The van der Waals surface area contributed by atoms with Crippen LogP contribution in [-0.4, -0.2) is 11.9 Å². The van der Waals surface area contributed by atoms with Gasteiger partial charge in [-0.25, -0.2) is 9.79 Å². The van der Waals surface area contributed by atoms with Crippen LogP contribution in [0.1, 0.15) is 11.3 Å². The van der Waals surface area contributed by atoms with Gasteiger partial charge in [0.25, 0.3) is 0 Å². The van der Waals surface area contributed by atoms with E-state index in [-0.39, 0.29) is 5.70 Å². The fraction of sp³-hybridized carbons (Fsp3) is 0. The van der Waals surface area contributed by atoms with E-state index in [0.29, 0.717) is 11.7 Å². The third-order valence-electron chi connectivity index (χ3n) is 2.78. The van der Waals surface area contributed by atoms with Crippen LogP contribution in [0.2, 0.25) is 0 Å². The Balaban J connectivity index is 1.84. The van der Waals surface area contributed by atoms with Gasteiger partial charge < -0.3 is 9.15 Å². The summed E-state index contributed by atoms with van der Waals surface area (Å²) in [5.41, 5.74) is 0.993. The van der Waals surface area contributed by atoms with Crippen LogP contribution in [0.25, 0.3) is 6.08 Å². The molecule has 0 amide bonds. The molecule has 4 nitrogen and oxygen atoms in total. The molecule has 5 heteroatoms. The number of aliphatic imine (C=N–C) groups is 1. The van der Waals surface area contributed by atoms with E-state index in [4.69, 9.17) is 9.15 Å². The first-order valence-electron chi connectivity index (χ1n) is 6.22. The minimum Gasteiger partial charge on any atom is -0.465 e. The maximum absolute atomic E-state index is 11.8. The van der Waals surface area contributed by atoms with Gasteiger partial charge in [-0.05, 0) is 52.3 Å². The zero-order valence-corrected chi connectivity index (χ0v) is 12.4. The van der Waals surface area contributed by atoms with Gasteiger partial charge in [0.05, 0.1) is 11.8 Å². The number of benzene rings is 1. The van der Waals surface area contributed by atoms with Crippen LogP contribution in [0.3, 0.4) is 0 Å². The first-order chi connectivity index (χ1) is 10.2. The van der Waals surface area contributed by atoms with Crippen molar-refractivity contribution in [2.75, 3.05) is 0 Å². The second kappa shape index (κ2) is 5.93. The van der Waals surface area contributed by atoms with E-state index in [1.54, 1.807) is 30.6 Å². The molecule has 2 aromatic rings. The van der Waals surface area contributed by atoms with Crippen molar-refractivity contribution in [3.63, 3.8) is 0 Å². The Hall–Kier alpha value is -2.40. The fourth-order valence-electron chi connectivity index (χ4n) is 1.79.